The Bertz CT molecular complexity index is 744. The predicted octanol–water partition coefficient (Wildman–Crippen LogP) is 3.36. The normalized spacial score (nSPS) is 19.1. The monoisotopic (exact) mass is 333 g/mol. The van der Waals surface area contributed by atoms with Crippen molar-refractivity contribution in [2.24, 2.45) is 0 Å². The van der Waals surface area contributed by atoms with Gasteiger partial charge in [-0.2, -0.15) is 4.31 Å². The first-order valence-electron chi connectivity index (χ1n) is 7.82. The highest BCUT2D eigenvalue weighted by molar-refractivity contribution is 7.88. The summed E-state index contributed by atoms with van der Waals surface area (Å²) in [6.45, 7) is 0.570. The molecule has 3 rings (SSSR count). The first kappa shape index (κ1) is 16.1. The molecule has 0 bridgehead atoms. The zero-order valence-electron chi connectivity index (χ0n) is 12.9. The van der Waals surface area contributed by atoms with E-state index in [4.69, 9.17) is 0 Å². The highest BCUT2D eigenvalue weighted by Crippen LogP contribution is 2.26. The number of rotatable bonds is 5. The maximum atomic E-state index is 13.0. The summed E-state index contributed by atoms with van der Waals surface area (Å²) in [4.78, 5) is 0. The molecule has 1 atom stereocenters. The van der Waals surface area contributed by atoms with Crippen LogP contribution in [0.4, 0.5) is 4.39 Å². The van der Waals surface area contributed by atoms with Crippen LogP contribution in [0.15, 0.2) is 54.6 Å². The summed E-state index contributed by atoms with van der Waals surface area (Å²) in [6, 6.07) is 15.7. The summed E-state index contributed by atoms with van der Waals surface area (Å²) in [5, 5.41) is 0. The average Bonchev–Trinajstić information content (AvgIpc) is 2.99. The van der Waals surface area contributed by atoms with Crippen molar-refractivity contribution in [3.63, 3.8) is 0 Å². The molecule has 1 unspecified atom stereocenters. The van der Waals surface area contributed by atoms with Crippen LogP contribution in [0.25, 0.3) is 0 Å². The van der Waals surface area contributed by atoms with Gasteiger partial charge in [0.25, 0.3) is 0 Å². The van der Waals surface area contributed by atoms with Gasteiger partial charge in [-0.05, 0) is 42.5 Å². The first-order valence-corrected chi connectivity index (χ1v) is 9.43. The summed E-state index contributed by atoms with van der Waals surface area (Å²) in [6.07, 6.45) is 2.52. The average molecular weight is 333 g/mol. The molecule has 1 saturated heterocycles. The van der Waals surface area contributed by atoms with E-state index in [1.807, 2.05) is 30.3 Å². The van der Waals surface area contributed by atoms with Crippen LogP contribution >= 0.6 is 0 Å². The standard InChI is InChI=1S/C18H20FNO2S/c19-17-10-8-16(9-11-17)14-23(21,22)20-12-4-7-18(20)13-15-5-2-1-3-6-15/h1-3,5-6,8-11,18H,4,7,12-14H2. The molecule has 0 radical (unpaired) electrons. The molecule has 3 nitrogen and oxygen atoms in total. The SMILES string of the molecule is O=S(=O)(Cc1ccc(F)cc1)N1CCCC1Cc1ccccc1. The fraction of sp³-hybridized carbons (Fsp3) is 0.333. The lowest BCUT2D eigenvalue weighted by molar-refractivity contribution is 0.385. The van der Waals surface area contributed by atoms with Crippen molar-refractivity contribution in [3.05, 3.63) is 71.5 Å². The van der Waals surface area contributed by atoms with Gasteiger partial charge in [-0.3, -0.25) is 0 Å². The smallest absolute Gasteiger partial charge is 0.212 e. The first-order chi connectivity index (χ1) is 11.0. The van der Waals surface area contributed by atoms with Gasteiger partial charge in [-0.15, -0.1) is 0 Å². The van der Waals surface area contributed by atoms with E-state index in [1.165, 1.54) is 24.3 Å². The molecule has 1 heterocycles. The van der Waals surface area contributed by atoms with Gasteiger partial charge in [0.1, 0.15) is 5.82 Å². The van der Waals surface area contributed by atoms with Crippen LogP contribution in [0.3, 0.4) is 0 Å². The summed E-state index contributed by atoms with van der Waals surface area (Å²) >= 11 is 0. The summed E-state index contributed by atoms with van der Waals surface area (Å²) < 4.78 is 40.0. The maximum absolute atomic E-state index is 13.0. The highest BCUT2D eigenvalue weighted by atomic mass is 32.2. The molecule has 0 N–H and O–H groups in total. The number of nitrogens with zero attached hydrogens (tertiary/aromatic N) is 1. The minimum absolute atomic E-state index is 0.0165. The number of hydrogen-bond acceptors (Lipinski definition) is 2. The van der Waals surface area contributed by atoms with Gasteiger partial charge in [-0.1, -0.05) is 42.5 Å². The van der Waals surface area contributed by atoms with E-state index in [0.29, 0.717) is 12.1 Å². The molecular formula is C18H20FNO2S. The van der Waals surface area contributed by atoms with E-state index in [1.54, 1.807) is 4.31 Å². The Morgan fingerprint density at radius 3 is 2.39 bits per heavy atom. The van der Waals surface area contributed by atoms with Gasteiger partial charge in [0.2, 0.25) is 10.0 Å². The fourth-order valence-electron chi connectivity index (χ4n) is 3.14. The molecule has 0 aromatic heterocycles. The van der Waals surface area contributed by atoms with Crippen molar-refractivity contribution in [3.8, 4) is 0 Å². The number of benzene rings is 2. The molecule has 1 aliphatic heterocycles. The molecule has 23 heavy (non-hydrogen) atoms. The second-order valence-corrected chi connectivity index (χ2v) is 7.90. The van der Waals surface area contributed by atoms with Crippen LogP contribution in [0, 0.1) is 5.82 Å². The molecule has 122 valence electrons. The van der Waals surface area contributed by atoms with Crippen LogP contribution in [0.5, 0.6) is 0 Å². The van der Waals surface area contributed by atoms with E-state index in [9.17, 15) is 12.8 Å². The number of hydrogen-bond donors (Lipinski definition) is 0. The van der Waals surface area contributed by atoms with Crippen molar-refractivity contribution in [2.45, 2.75) is 31.1 Å². The van der Waals surface area contributed by atoms with E-state index in [2.05, 4.69) is 0 Å². The Morgan fingerprint density at radius 2 is 1.70 bits per heavy atom. The van der Waals surface area contributed by atoms with Gasteiger partial charge < -0.3 is 0 Å². The van der Waals surface area contributed by atoms with Gasteiger partial charge in [0.15, 0.2) is 0 Å². The Balaban J connectivity index is 1.74. The van der Waals surface area contributed by atoms with Crippen LogP contribution in [-0.2, 0) is 22.2 Å². The Labute approximate surface area is 136 Å². The number of halogens is 1. The fourth-order valence-corrected chi connectivity index (χ4v) is 4.96. The van der Waals surface area contributed by atoms with Gasteiger partial charge in [0, 0.05) is 12.6 Å². The predicted molar refractivity (Wildman–Crippen MR) is 88.9 cm³/mol. The lowest BCUT2D eigenvalue weighted by Gasteiger charge is -2.24. The maximum Gasteiger partial charge on any atom is 0.218 e. The molecular weight excluding hydrogens is 313 g/mol. The third-order valence-electron chi connectivity index (χ3n) is 4.26. The van der Waals surface area contributed by atoms with Crippen LogP contribution in [0.1, 0.15) is 24.0 Å². The largest absolute Gasteiger partial charge is 0.218 e. The molecule has 0 amide bonds. The van der Waals surface area contributed by atoms with Gasteiger partial charge >= 0.3 is 0 Å². The Kier molecular flexibility index (Phi) is 4.78. The highest BCUT2D eigenvalue weighted by Gasteiger charge is 2.34. The van der Waals surface area contributed by atoms with Crippen molar-refractivity contribution in [1.82, 2.24) is 4.31 Å². The van der Waals surface area contributed by atoms with E-state index in [0.717, 1.165) is 24.8 Å². The van der Waals surface area contributed by atoms with Crippen molar-refractivity contribution < 1.29 is 12.8 Å². The van der Waals surface area contributed by atoms with Crippen molar-refractivity contribution in [2.75, 3.05) is 6.54 Å². The Morgan fingerprint density at radius 1 is 1.00 bits per heavy atom. The molecule has 2 aromatic carbocycles. The molecule has 0 saturated carbocycles. The minimum atomic E-state index is -3.38. The van der Waals surface area contributed by atoms with E-state index >= 15 is 0 Å². The zero-order valence-corrected chi connectivity index (χ0v) is 13.7. The molecule has 0 spiro atoms. The molecule has 5 heteroatoms. The second-order valence-electron chi connectivity index (χ2n) is 5.98. The molecule has 0 aliphatic carbocycles. The van der Waals surface area contributed by atoms with Crippen LogP contribution in [-0.4, -0.2) is 25.3 Å². The third kappa shape index (κ3) is 3.98. The van der Waals surface area contributed by atoms with Crippen LogP contribution in [0.2, 0.25) is 0 Å². The molecule has 1 aliphatic rings. The number of sulfonamides is 1. The molecule has 1 fully saturated rings. The lowest BCUT2D eigenvalue weighted by Crippen LogP contribution is -2.37. The van der Waals surface area contributed by atoms with Gasteiger partial charge in [0.05, 0.1) is 5.75 Å². The lowest BCUT2D eigenvalue weighted by atomic mass is 10.1. The topological polar surface area (TPSA) is 37.4 Å². The van der Waals surface area contributed by atoms with Crippen LogP contribution < -0.4 is 0 Å². The third-order valence-corrected chi connectivity index (χ3v) is 6.15. The minimum Gasteiger partial charge on any atom is -0.212 e. The van der Waals surface area contributed by atoms with E-state index in [-0.39, 0.29) is 17.6 Å². The van der Waals surface area contributed by atoms with E-state index < -0.39 is 10.0 Å². The zero-order chi connectivity index (χ0) is 16.3. The van der Waals surface area contributed by atoms with Crippen molar-refractivity contribution >= 4 is 10.0 Å². The summed E-state index contributed by atoms with van der Waals surface area (Å²) in [7, 11) is -3.38. The summed E-state index contributed by atoms with van der Waals surface area (Å²) in [5.41, 5.74) is 1.78. The quantitative estimate of drug-likeness (QED) is 0.841. The second kappa shape index (κ2) is 6.81. The van der Waals surface area contributed by atoms with Crippen molar-refractivity contribution in [1.29, 1.82) is 0 Å². The Hall–Kier alpha value is -1.72. The van der Waals surface area contributed by atoms with Gasteiger partial charge in [-0.25, -0.2) is 12.8 Å². The summed E-state index contributed by atoms with van der Waals surface area (Å²) in [5.74, 6) is -0.423. The molecule has 2 aromatic rings.